The molecular weight excluding hydrogens is 604 g/mol. The third-order valence-corrected chi connectivity index (χ3v) is 8.75. The summed E-state index contributed by atoms with van der Waals surface area (Å²) in [6.07, 6.45) is 4.72. The van der Waals surface area contributed by atoms with Gasteiger partial charge in [-0.1, -0.05) is 57.5 Å². The second kappa shape index (κ2) is 15.4. The number of unbranched alkanes of at least 4 members (excludes halogenated alkanes) is 1. The zero-order valence-electron chi connectivity index (χ0n) is 28.6. The standard InChI is InChI=1S/C38H46N6O4/c1-6-7-20-47-38-41-37(43(23-27-8-12-31(45-4)13-9-27)24-28-10-14-32(46-5)15-11-28)36-40-22-30(44(36)42-38)25-48-33-16-17-34-29(21-33)18-19-39-35(34)26(2)3/h8-17,21-22,26,35,39H,6-7,18-20,23-25H2,1-5H3. The fraction of sp³-hybridized carbons (Fsp3) is 0.395. The van der Waals surface area contributed by atoms with Crippen molar-refractivity contribution >= 4 is 11.5 Å². The van der Waals surface area contributed by atoms with Crippen molar-refractivity contribution in [2.75, 3.05) is 32.3 Å². The van der Waals surface area contributed by atoms with E-state index in [0.29, 0.717) is 55.7 Å². The first-order chi connectivity index (χ1) is 23.4. The molecule has 0 aliphatic carbocycles. The van der Waals surface area contributed by atoms with Crippen molar-refractivity contribution in [2.45, 2.75) is 65.8 Å². The Bertz CT molecular complexity index is 1740. The molecule has 10 nitrogen and oxygen atoms in total. The van der Waals surface area contributed by atoms with E-state index < -0.39 is 0 Å². The molecule has 3 aromatic carbocycles. The van der Waals surface area contributed by atoms with E-state index in [4.69, 9.17) is 34.0 Å². The summed E-state index contributed by atoms with van der Waals surface area (Å²) in [4.78, 5) is 12.0. The van der Waals surface area contributed by atoms with Gasteiger partial charge in [0.1, 0.15) is 29.5 Å². The van der Waals surface area contributed by atoms with Gasteiger partial charge in [0.25, 0.3) is 0 Å². The van der Waals surface area contributed by atoms with Crippen molar-refractivity contribution in [3.63, 3.8) is 0 Å². The highest BCUT2D eigenvalue weighted by molar-refractivity contribution is 5.65. The van der Waals surface area contributed by atoms with E-state index in [0.717, 1.165) is 59.9 Å². The summed E-state index contributed by atoms with van der Waals surface area (Å²) < 4.78 is 25.1. The number of rotatable bonds is 15. The topological polar surface area (TPSA) is 95.3 Å². The minimum Gasteiger partial charge on any atom is -0.497 e. The van der Waals surface area contributed by atoms with Crippen LogP contribution in [0.3, 0.4) is 0 Å². The molecule has 6 rings (SSSR count). The van der Waals surface area contributed by atoms with Crippen molar-refractivity contribution < 1.29 is 18.9 Å². The number of nitrogens with one attached hydrogen (secondary N) is 1. The number of imidazole rings is 1. The monoisotopic (exact) mass is 650 g/mol. The third-order valence-electron chi connectivity index (χ3n) is 8.75. The Kier molecular flexibility index (Phi) is 10.6. The lowest BCUT2D eigenvalue weighted by Gasteiger charge is -2.30. The Morgan fingerprint density at radius 3 is 2.19 bits per heavy atom. The van der Waals surface area contributed by atoms with Crippen LogP contribution in [0, 0.1) is 5.92 Å². The Labute approximate surface area is 283 Å². The van der Waals surface area contributed by atoms with Gasteiger partial charge in [-0.3, -0.25) is 0 Å². The van der Waals surface area contributed by atoms with Gasteiger partial charge in [0.2, 0.25) is 0 Å². The van der Waals surface area contributed by atoms with Crippen LogP contribution in [-0.2, 0) is 26.1 Å². The first kappa shape index (κ1) is 33.1. The van der Waals surface area contributed by atoms with E-state index in [2.05, 4.69) is 73.5 Å². The summed E-state index contributed by atoms with van der Waals surface area (Å²) in [7, 11) is 3.35. The number of benzene rings is 3. The highest BCUT2D eigenvalue weighted by Crippen LogP contribution is 2.32. The second-order valence-corrected chi connectivity index (χ2v) is 12.5. The van der Waals surface area contributed by atoms with Crippen molar-refractivity contribution in [2.24, 2.45) is 5.92 Å². The molecule has 1 aliphatic heterocycles. The van der Waals surface area contributed by atoms with E-state index in [9.17, 15) is 0 Å². The molecule has 1 N–H and O–H groups in total. The molecule has 3 heterocycles. The number of aromatic nitrogens is 4. The summed E-state index contributed by atoms with van der Waals surface area (Å²) in [5.74, 6) is 3.65. The maximum atomic E-state index is 6.37. The average molecular weight is 651 g/mol. The van der Waals surface area contributed by atoms with E-state index in [1.54, 1.807) is 14.2 Å². The van der Waals surface area contributed by atoms with Crippen molar-refractivity contribution in [1.29, 1.82) is 0 Å². The van der Waals surface area contributed by atoms with Crippen LogP contribution >= 0.6 is 0 Å². The van der Waals surface area contributed by atoms with Crippen molar-refractivity contribution in [3.05, 3.63) is 101 Å². The Hall–Kier alpha value is -4.83. The molecule has 252 valence electrons. The lowest BCUT2D eigenvalue weighted by atomic mass is 9.88. The van der Waals surface area contributed by atoms with Gasteiger partial charge in [0.05, 0.1) is 27.0 Å². The number of nitrogens with zero attached hydrogens (tertiary/aromatic N) is 5. The normalized spacial score (nSPS) is 14.2. The molecule has 0 saturated heterocycles. The van der Waals surface area contributed by atoms with Crippen LogP contribution in [0.5, 0.6) is 23.3 Å². The van der Waals surface area contributed by atoms with Crippen LogP contribution in [-0.4, -0.2) is 47.0 Å². The Morgan fingerprint density at radius 2 is 1.56 bits per heavy atom. The number of methoxy groups -OCH3 is 2. The highest BCUT2D eigenvalue weighted by Gasteiger charge is 2.24. The molecule has 1 atom stereocenters. The van der Waals surface area contributed by atoms with Gasteiger partial charge in [-0.05, 0) is 84.0 Å². The van der Waals surface area contributed by atoms with E-state index in [1.807, 2.05) is 35.0 Å². The smallest absolute Gasteiger partial charge is 0.336 e. The number of ether oxygens (including phenoxy) is 4. The summed E-state index contributed by atoms with van der Waals surface area (Å²) in [6, 6.07) is 23.3. The molecule has 48 heavy (non-hydrogen) atoms. The summed E-state index contributed by atoms with van der Waals surface area (Å²) in [5.41, 5.74) is 6.35. The highest BCUT2D eigenvalue weighted by atomic mass is 16.5. The minimum atomic E-state index is 0.299. The predicted molar refractivity (Wildman–Crippen MR) is 187 cm³/mol. The Morgan fingerprint density at radius 1 is 0.896 bits per heavy atom. The summed E-state index contributed by atoms with van der Waals surface area (Å²) in [5, 5.41) is 8.45. The Balaban J connectivity index is 1.33. The van der Waals surface area contributed by atoms with Crippen LogP contribution in [0.15, 0.2) is 72.9 Å². The van der Waals surface area contributed by atoms with Crippen LogP contribution in [0.4, 0.5) is 5.82 Å². The zero-order chi connectivity index (χ0) is 33.5. The number of fused-ring (bicyclic) bond motifs is 2. The molecule has 1 unspecified atom stereocenters. The number of anilines is 1. The van der Waals surface area contributed by atoms with E-state index in [-0.39, 0.29) is 0 Å². The van der Waals surface area contributed by atoms with Gasteiger partial charge in [-0.25, -0.2) is 9.50 Å². The van der Waals surface area contributed by atoms with Gasteiger partial charge >= 0.3 is 6.01 Å². The van der Waals surface area contributed by atoms with Crippen LogP contribution in [0.2, 0.25) is 0 Å². The molecule has 2 aromatic heterocycles. The summed E-state index contributed by atoms with van der Waals surface area (Å²) >= 11 is 0. The average Bonchev–Trinajstić information content (AvgIpc) is 3.53. The quantitative estimate of drug-likeness (QED) is 0.121. The largest absolute Gasteiger partial charge is 0.497 e. The van der Waals surface area contributed by atoms with E-state index in [1.165, 1.54) is 11.1 Å². The predicted octanol–water partition coefficient (Wildman–Crippen LogP) is 6.95. The maximum absolute atomic E-state index is 6.37. The SMILES string of the molecule is CCCCOc1nc(N(Cc2ccc(OC)cc2)Cc2ccc(OC)cc2)c2ncc(COc3ccc4c(c3)CCNC4C(C)C)n2n1. The molecule has 0 bridgehead atoms. The summed E-state index contributed by atoms with van der Waals surface area (Å²) in [6.45, 7) is 9.61. The van der Waals surface area contributed by atoms with Gasteiger partial charge in [-0.2, -0.15) is 4.98 Å². The lowest BCUT2D eigenvalue weighted by molar-refractivity contribution is 0.275. The van der Waals surface area contributed by atoms with Crippen LogP contribution in [0.1, 0.15) is 67.6 Å². The number of hydrogen-bond acceptors (Lipinski definition) is 9. The molecule has 1 aliphatic rings. The third kappa shape index (κ3) is 7.65. The number of hydrogen-bond donors (Lipinski definition) is 1. The molecule has 0 fully saturated rings. The minimum absolute atomic E-state index is 0.299. The van der Waals surface area contributed by atoms with Crippen molar-refractivity contribution in [1.82, 2.24) is 24.9 Å². The molecule has 0 saturated carbocycles. The van der Waals surface area contributed by atoms with Crippen LogP contribution < -0.4 is 29.2 Å². The van der Waals surface area contributed by atoms with Gasteiger partial charge in [0, 0.05) is 19.1 Å². The van der Waals surface area contributed by atoms with Gasteiger partial charge in [-0.15, -0.1) is 5.10 Å². The van der Waals surface area contributed by atoms with Gasteiger partial charge < -0.3 is 29.2 Å². The molecule has 5 aromatic rings. The van der Waals surface area contributed by atoms with Crippen molar-refractivity contribution in [3.8, 4) is 23.3 Å². The first-order valence-electron chi connectivity index (χ1n) is 16.8. The van der Waals surface area contributed by atoms with E-state index >= 15 is 0 Å². The first-order valence-corrected chi connectivity index (χ1v) is 16.8. The molecular formula is C38H46N6O4. The fourth-order valence-electron chi connectivity index (χ4n) is 6.10. The maximum Gasteiger partial charge on any atom is 0.336 e. The second-order valence-electron chi connectivity index (χ2n) is 12.5. The molecule has 0 radical (unpaired) electrons. The molecule has 0 spiro atoms. The fourth-order valence-corrected chi connectivity index (χ4v) is 6.10. The molecule has 10 heteroatoms. The lowest BCUT2D eigenvalue weighted by Crippen LogP contribution is -2.32. The van der Waals surface area contributed by atoms with Crippen LogP contribution in [0.25, 0.3) is 5.65 Å². The zero-order valence-corrected chi connectivity index (χ0v) is 28.6. The van der Waals surface area contributed by atoms with Gasteiger partial charge in [0.15, 0.2) is 11.5 Å². The molecule has 0 amide bonds.